The minimum Gasteiger partial charge on any atom is -0.505 e. The van der Waals surface area contributed by atoms with E-state index in [1.54, 1.807) is 12.1 Å². The molecule has 0 heterocycles. The molecule has 2 aromatic rings. The first-order valence-electron chi connectivity index (χ1n) is 4.88. The highest BCUT2D eigenvalue weighted by Gasteiger charge is 2.12. The van der Waals surface area contributed by atoms with E-state index in [1.165, 1.54) is 24.3 Å². The van der Waals surface area contributed by atoms with Crippen LogP contribution >= 0.6 is 0 Å². The lowest BCUT2D eigenvalue weighted by Crippen LogP contribution is -1.90. The fourth-order valence-corrected chi connectivity index (χ4v) is 1.59. The minimum atomic E-state index is -0.468. The third kappa shape index (κ3) is 1.91. The summed E-state index contributed by atoms with van der Waals surface area (Å²) in [5, 5.41) is 9.80. The van der Waals surface area contributed by atoms with Crippen LogP contribution in [0.4, 0.5) is 15.8 Å². The molecule has 4 heteroatoms. The molecule has 3 N–H and O–H groups in total. The molecule has 0 saturated heterocycles. The summed E-state index contributed by atoms with van der Waals surface area (Å²) < 4.78 is 13.6. The summed E-state index contributed by atoms with van der Waals surface area (Å²) in [6.45, 7) is 6.92. The zero-order valence-corrected chi connectivity index (χ0v) is 8.81. The molecule has 84 valence electrons. The maximum atomic E-state index is 13.6. The Morgan fingerprint density at radius 3 is 2.53 bits per heavy atom. The maximum Gasteiger partial charge on any atom is 0.190 e. The molecule has 0 unspecified atom stereocenters. The second kappa shape index (κ2) is 4.14. The van der Waals surface area contributed by atoms with Crippen LogP contribution in [0.3, 0.4) is 0 Å². The standard InChI is InChI=1S/C13H9FN2O/c1-16-8-6-10(13(17)12(15)7-8)9-4-2-3-5-11(9)14/h2-7,17H,15H2. The largest absolute Gasteiger partial charge is 0.505 e. The van der Waals surface area contributed by atoms with Gasteiger partial charge >= 0.3 is 0 Å². The van der Waals surface area contributed by atoms with Gasteiger partial charge in [0.15, 0.2) is 5.69 Å². The average Bonchev–Trinajstić information content (AvgIpc) is 2.33. The molecule has 0 amide bonds. The summed E-state index contributed by atoms with van der Waals surface area (Å²) in [6, 6.07) is 8.79. The van der Waals surface area contributed by atoms with Crippen LogP contribution in [0.15, 0.2) is 36.4 Å². The second-order valence-corrected chi connectivity index (χ2v) is 3.52. The van der Waals surface area contributed by atoms with Crippen LogP contribution in [0, 0.1) is 12.4 Å². The molecule has 0 aliphatic heterocycles. The molecule has 3 nitrogen and oxygen atoms in total. The van der Waals surface area contributed by atoms with Gasteiger partial charge in [-0.1, -0.05) is 18.2 Å². The number of aromatic hydroxyl groups is 1. The summed E-state index contributed by atoms with van der Waals surface area (Å²) in [5.41, 5.74) is 6.35. The van der Waals surface area contributed by atoms with Gasteiger partial charge in [-0.3, -0.25) is 0 Å². The summed E-state index contributed by atoms with van der Waals surface area (Å²) in [7, 11) is 0. The van der Waals surface area contributed by atoms with Gasteiger partial charge in [-0.25, -0.2) is 9.24 Å². The van der Waals surface area contributed by atoms with Gasteiger partial charge in [0.1, 0.15) is 11.6 Å². The van der Waals surface area contributed by atoms with Gasteiger partial charge in [0, 0.05) is 11.1 Å². The normalized spacial score (nSPS) is 9.88. The number of hydrogen-bond donors (Lipinski definition) is 2. The van der Waals surface area contributed by atoms with E-state index < -0.39 is 5.82 Å². The first-order chi connectivity index (χ1) is 8.13. The first-order valence-corrected chi connectivity index (χ1v) is 4.88. The zero-order chi connectivity index (χ0) is 12.4. The Hall–Kier alpha value is -2.54. The lowest BCUT2D eigenvalue weighted by atomic mass is 10.0. The molecular formula is C13H9FN2O. The number of rotatable bonds is 1. The van der Waals surface area contributed by atoms with Gasteiger partial charge in [-0.2, -0.15) is 0 Å². The number of halogens is 1. The predicted octanol–water partition coefficient (Wildman–Crippen LogP) is 3.33. The van der Waals surface area contributed by atoms with Crippen molar-refractivity contribution in [2.45, 2.75) is 0 Å². The van der Waals surface area contributed by atoms with Crippen LogP contribution < -0.4 is 5.73 Å². The molecule has 0 atom stereocenters. The molecule has 0 aliphatic rings. The Labute approximate surface area is 97.8 Å². The van der Waals surface area contributed by atoms with Crippen LogP contribution in [0.2, 0.25) is 0 Å². The SMILES string of the molecule is [C-]#[N+]c1cc(N)c(O)c(-c2ccccc2F)c1. The smallest absolute Gasteiger partial charge is 0.190 e. The molecule has 0 saturated carbocycles. The van der Waals surface area contributed by atoms with Gasteiger partial charge < -0.3 is 10.8 Å². The minimum absolute atomic E-state index is 0.0664. The highest BCUT2D eigenvalue weighted by atomic mass is 19.1. The molecule has 0 spiro atoms. The van der Waals surface area contributed by atoms with Crippen molar-refractivity contribution in [3.8, 4) is 16.9 Å². The summed E-state index contributed by atoms with van der Waals surface area (Å²) in [6.07, 6.45) is 0. The number of anilines is 1. The summed E-state index contributed by atoms with van der Waals surface area (Å²) in [5.74, 6) is -0.674. The van der Waals surface area contributed by atoms with E-state index >= 15 is 0 Å². The Kier molecular flexibility index (Phi) is 2.67. The van der Waals surface area contributed by atoms with Crippen molar-refractivity contribution in [2.75, 3.05) is 5.73 Å². The van der Waals surface area contributed by atoms with E-state index in [-0.39, 0.29) is 28.3 Å². The van der Waals surface area contributed by atoms with Crippen LogP contribution in [-0.4, -0.2) is 5.11 Å². The van der Waals surface area contributed by atoms with E-state index in [0.29, 0.717) is 0 Å². The molecule has 17 heavy (non-hydrogen) atoms. The van der Waals surface area contributed by atoms with Gasteiger partial charge in [-0.15, -0.1) is 0 Å². The highest BCUT2D eigenvalue weighted by Crippen LogP contribution is 2.38. The number of hydrogen-bond acceptors (Lipinski definition) is 2. The van der Waals surface area contributed by atoms with E-state index in [0.717, 1.165) is 0 Å². The van der Waals surface area contributed by atoms with E-state index in [9.17, 15) is 9.50 Å². The van der Waals surface area contributed by atoms with Crippen molar-refractivity contribution in [3.05, 3.63) is 53.6 Å². The van der Waals surface area contributed by atoms with Crippen molar-refractivity contribution in [1.29, 1.82) is 0 Å². The van der Waals surface area contributed by atoms with Crippen molar-refractivity contribution in [3.63, 3.8) is 0 Å². The van der Waals surface area contributed by atoms with Gasteiger partial charge in [-0.05, 0) is 18.2 Å². The molecule has 2 rings (SSSR count). The van der Waals surface area contributed by atoms with Crippen molar-refractivity contribution in [1.82, 2.24) is 0 Å². The molecule has 0 bridgehead atoms. The lowest BCUT2D eigenvalue weighted by molar-refractivity contribution is 0.479. The fraction of sp³-hybridized carbons (Fsp3) is 0. The number of nitrogens with two attached hydrogens (primary N) is 1. The number of nitrogens with zero attached hydrogens (tertiary/aromatic N) is 1. The third-order valence-corrected chi connectivity index (χ3v) is 2.42. The monoisotopic (exact) mass is 228 g/mol. The summed E-state index contributed by atoms with van der Waals surface area (Å²) >= 11 is 0. The maximum absolute atomic E-state index is 13.6. The number of benzene rings is 2. The molecule has 0 radical (unpaired) electrons. The predicted molar refractivity (Wildman–Crippen MR) is 64.2 cm³/mol. The average molecular weight is 228 g/mol. The highest BCUT2D eigenvalue weighted by molar-refractivity contribution is 5.81. The fourth-order valence-electron chi connectivity index (χ4n) is 1.59. The molecule has 0 aliphatic carbocycles. The topological polar surface area (TPSA) is 50.6 Å². The number of nitrogen functional groups attached to an aromatic ring is 1. The van der Waals surface area contributed by atoms with Crippen LogP contribution in [0.5, 0.6) is 5.75 Å². The lowest BCUT2D eigenvalue weighted by Gasteiger charge is -2.09. The summed E-state index contributed by atoms with van der Waals surface area (Å²) in [4.78, 5) is 3.22. The van der Waals surface area contributed by atoms with Crippen LogP contribution in [0.1, 0.15) is 0 Å². The Bertz CT molecular complexity index is 617. The number of phenolic OH excluding ortho intramolecular Hbond substituents is 1. The zero-order valence-electron chi connectivity index (χ0n) is 8.81. The number of phenols is 1. The Morgan fingerprint density at radius 2 is 1.88 bits per heavy atom. The first kappa shape index (κ1) is 11.0. The van der Waals surface area contributed by atoms with Crippen LogP contribution in [-0.2, 0) is 0 Å². The second-order valence-electron chi connectivity index (χ2n) is 3.52. The van der Waals surface area contributed by atoms with Crippen molar-refractivity contribution in [2.24, 2.45) is 0 Å². The van der Waals surface area contributed by atoms with E-state index in [1.807, 2.05) is 0 Å². The van der Waals surface area contributed by atoms with E-state index in [2.05, 4.69) is 4.85 Å². The molecular weight excluding hydrogens is 219 g/mol. The van der Waals surface area contributed by atoms with Gasteiger partial charge in [0.2, 0.25) is 0 Å². The van der Waals surface area contributed by atoms with Gasteiger partial charge in [0.25, 0.3) is 0 Å². The van der Waals surface area contributed by atoms with Gasteiger partial charge in [0.05, 0.1) is 12.3 Å². The molecule has 0 fully saturated rings. The Morgan fingerprint density at radius 1 is 1.18 bits per heavy atom. The molecule has 0 aromatic heterocycles. The van der Waals surface area contributed by atoms with Crippen LogP contribution in [0.25, 0.3) is 16.0 Å². The Balaban J connectivity index is 2.72. The quantitative estimate of drug-likeness (QED) is 0.447. The van der Waals surface area contributed by atoms with Crippen molar-refractivity contribution >= 4 is 11.4 Å². The van der Waals surface area contributed by atoms with E-state index in [4.69, 9.17) is 12.3 Å². The van der Waals surface area contributed by atoms with Crippen molar-refractivity contribution < 1.29 is 9.50 Å². The third-order valence-electron chi connectivity index (χ3n) is 2.42. The molecule has 2 aromatic carbocycles.